The van der Waals surface area contributed by atoms with Crippen LogP contribution in [-0.2, 0) is 11.2 Å². The second kappa shape index (κ2) is 6.57. The Morgan fingerprint density at radius 3 is 2.89 bits per heavy atom. The van der Waals surface area contributed by atoms with E-state index in [-0.39, 0.29) is 24.1 Å². The van der Waals surface area contributed by atoms with Crippen LogP contribution in [0.5, 0.6) is 5.75 Å². The van der Waals surface area contributed by atoms with Crippen molar-refractivity contribution in [2.24, 2.45) is 5.73 Å². The van der Waals surface area contributed by atoms with Gasteiger partial charge < -0.3 is 15.7 Å². The fourth-order valence-corrected chi connectivity index (χ4v) is 2.75. The van der Waals surface area contributed by atoms with E-state index in [0.717, 1.165) is 25.8 Å². The van der Waals surface area contributed by atoms with Crippen LogP contribution in [0, 0.1) is 0 Å². The number of nitrogens with zero attached hydrogens (tertiary/aromatic N) is 1. The first-order chi connectivity index (χ1) is 9.22. The zero-order valence-electron chi connectivity index (χ0n) is 11.2. The number of hydrogen-bond acceptors (Lipinski definition) is 3. The fraction of sp³-hybridized carbons (Fsp3) is 0.533. The molecule has 104 valence electrons. The number of rotatable bonds is 4. The molecule has 1 atom stereocenters. The molecule has 2 rings (SSSR count). The van der Waals surface area contributed by atoms with Gasteiger partial charge in [0, 0.05) is 18.2 Å². The summed E-state index contributed by atoms with van der Waals surface area (Å²) in [6, 6.07) is 7.31. The third-order valence-corrected chi connectivity index (χ3v) is 3.78. The van der Waals surface area contributed by atoms with Gasteiger partial charge in [0.25, 0.3) is 0 Å². The molecule has 1 aliphatic heterocycles. The highest BCUT2D eigenvalue weighted by Gasteiger charge is 2.26. The van der Waals surface area contributed by atoms with Gasteiger partial charge in [-0.15, -0.1) is 0 Å². The minimum absolute atomic E-state index is 0.0969. The van der Waals surface area contributed by atoms with Gasteiger partial charge >= 0.3 is 0 Å². The summed E-state index contributed by atoms with van der Waals surface area (Å²) in [7, 11) is 0. The number of piperidine rings is 1. The van der Waals surface area contributed by atoms with Crippen LogP contribution in [0.4, 0.5) is 0 Å². The number of hydrogen-bond donors (Lipinski definition) is 2. The van der Waals surface area contributed by atoms with Gasteiger partial charge in [0.05, 0.1) is 6.42 Å². The Morgan fingerprint density at radius 2 is 2.16 bits per heavy atom. The van der Waals surface area contributed by atoms with Crippen molar-refractivity contribution >= 4 is 5.91 Å². The summed E-state index contributed by atoms with van der Waals surface area (Å²) >= 11 is 0. The van der Waals surface area contributed by atoms with E-state index in [9.17, 15) is 9.90 Å². The van der Waals surface area contributed by atoms with Crippen molar-refractivity contribution in [2.75, 3.05) is 13.1 Å². The molecule has 0 bridgehead atoms. The summed E-state index contributed by atoms with van der Waals surface area (Å²) in [4.78, 5) is 14.3. The van der Waals surface area contributed by atoms with Gasteiger partial charge in [0.2, 0.25) is 5.91 Å². The molecule has 0 radical (unpaired) electrons. The van der Waals surface area contributed by atoms with Crippen LogP contribution in [-0.4, -0.2) is 35.0 Å². The van der Waals surface area contributed by atoms with Gasteiger partial charge in [-0.2, -0.15) is 0 Å². The van der Waals surface area contributed by atoms with Crippen molar-refractivity contribution in [1.29, 1.82) is 0 Å². The second-order valence-corrected chi connectivity index (χ2v) is 5.12. The van der Waals surface area contributed by atoms with Crippen LogP contribution in [0.3, 0.4) is 0 Å². The number of likely N-dealkylation sites (tertiary alicyclic amines) is 1. The van der Waals surface area contributed by atoms with E-state index in [2.05, 4.69) is 0 Å². The summed E-state index contributed by atoms with van der Waals surface area (Å²) in [5, 5.41) is 9.74. The van der Waals surface area contributed by atoms with Crippen LogP contribution < -0.4 is 5.73 Å². The average Bonchev–Trinajstić information content (AvgIpc) is 2.42. The maximum Gasteiger partial charge on any atom is 0.227 e. The molecule has 0 saturated carbocycles. The number of aromatic hydroxyl groups is 1. The van der Waals surface area contributed by atoms with Gasteiger partial charge in [-0.25, -0.2) is 0 Å². The smallest absolute Gasteiger partial charge is 0.227 e. The van der Waals surface area contributed by atoms with Crippen molar-refractivity contribution in [3.05, 3.63) is 29.8 Å². The molecule has 4 nitrogen and oxygen atoms in total. The van der Waals surface area contributed by atoms with E-state index in [4.69, 9.17) is 5.73 Å². The average molecular weight is 262 g/mol. The quantitative estimate of drug-likeness (QED) is 0.867. The highest BCUT2D eigenvalue weighted by Crippen LogP contribution is 2.22. The minimum Gasteiger partial charge on any atom is -0.508 e. The standard InChI is InChI=1S/C15H22N2O2/c16-9-8-13-6-3-4-10-17(13)15(19)11-12-5-1-2-7-14(12)18/h1-2,5,7,13,18H,3-4,6,8-11,16H2. The van der Waals surface area contributed by atoms with Gasteiger partial charge in [0.15, 0.2) is 0 Å². The van der Waals surface area contributed by atoms with Crippen LogP contribution in [0.15, 0.2) is 24.3 Å². The molecule has 0 spiro atoms. The van der Waals surface area contributed by atoms with Crippen LogP contribution in [0.2, 0.25) is 0 Å². The number of carbonyl (C=O) groups is 1. The first kappa shape index (κ1) is 13.9. The van der Waals surface area contributed by atoms with Crippen LogP contribution >= 0.6 is 0 Å². The Morgan fingerprint density at radius 1 is 1.37 bits per heavy atom. The number of phenolic OH excluding ortho intramolecular Hbond substituents is 1. The highest BCUT2D eigenvalue weighted by molar-refractivity contribution is 5.79. The SMILES string of the molecule is NCCC1CCCCN1C(=O)Cc1ccccc1O. The molecule has 0 aliphatic carbocycles. The first-order valence-corrected chi connectivity index (χ1v) is 6.98. The molecule has 1 aromatic rings. The van der Waals surface area contributed by atoms with Gasteiger partial charge in [0.1, 0.15) is 5.75 Å². The summed E-state index contributed by atoms with van der Waals surface area (Å²) in [6.45, 7) is 1.43. The van der Waals surface area contributed by atoms with Gasteiger partial charge in [-0.1, -0.05) is 18.2 Å². The summed E-state index contributed by atoms with van der Waals surface area (Å²) < 4.78 is 0. The molecule has 1 aliphatic rings. The van der Waals surface area contributed by atoms with E-state index in [1.165, 1.54) is 6.42 Å². The Balaban J connectivity index is 2.03. The molecule has 1 amide bonds. The molecular formula is C15H22N2O2. The Hall–Kier alpha value is -1.55. The Labute approximate surface area is 114 Å². The molecule has 1 saturated heterocycles. The number of para-hydroxylation sites is 1. The van der Waals surface area contributed by atoms with Crippen molar-refractivity contribution in [1.82, 2.24) is 4.90 Å². The lowest BCUT2D eigenvalue weighted by molar-refractivity contribution is -0.134. The number of phenols is 1. The zero-order chi connectivity index (χ0) is 13.7. The van der Waals surface area contributed by atoms with E-state index in [0.29, 0.717) is 12.1 Å². The Bertz CT molecular complexity index is 432. The van der Waals surface area contributed by atoms with Crippen molar-refractivity contribution in [2.45, 2.75) is 38.1 Å². The van der Waals surface area contributed by atoms with E-state index < -0.39 is 0 Å². The fourth-order valence-electron chi connectivity index (χ4n) is 2.75. The molecule has 19 heavy (non-hydrogen) atoms. The lowest BCUT2D eigenvalue weighted by atomic mass is 9.98. The third-order valence-electron chi connectivity index (χ3n) is 3.78. The zero-order valence-corrected chi connectivity index (χ0v) is 11.2. The van der Waals surface area contributed by atoms with Gasteiger partial charge in [-0.3, -0.25) is 4.79 Å². The monoisotopic (exact) mass is 262 g/mol. The van der Waals surface area contributed by atoms with Crippen molar-refractivity contribution in [3.63, 3.8) is 0 Å². The maximum atomic E-state index is 12.4. The summed E-state index contributed by atoms with van der Waals surface area (Å²) in [5.41, 5.74) is 6.32. The van der Waals surface area contributed by atoms with E-state index in [1.54, 1.807) is 18.2 Å². The lowest BCUT2D eigenvalue weighted by Crippen LogP contribution is -2.45. The maximum absolute atomic E-state index is 12.4. The third kappa shape index (κ3) is 3.47. The van der Waals surface area contributed by atoms with E-state index in [1.807, 2.05) is 11.0 Å². The molecule has 3 N–H and O–H groups in total. The summed E-state index contributed by atoms with van der Waals surface area (Å²) in [6.07, 6.45) is 4.42. The Kier molecular flexibility index (Phi) is 4.80. The molecule has 1 aromatic carbocycles. The molecular weight excluding hydrogens is 240 g/mol. The van der Waals surface area contributed by atoms with Crippen molar-refractivity contribution < 1.29 is 9.90 Å². The van der Waals surface area contributed by atoms with E-state index >= 15 is 0 Å². The lowest BCUT2D eigenvalue weighted by Gasteiger charge is -2.36. The predicted octanol–water partition coefficient (Wildman–Crippen LogP) is 1.66. The molecule has 1 heterocycles. The number of amides is 1. The topological polar surface area (TPSA) is 66.6 Å². The summed E-state index contributed by atoms with van der Waals surface area (Å²) in [5.74, 6) is 0.294. The first-order valence-electron chi connectivity index (χ1n) is 6.98. The van der Waals surface area contributed by atoms with Crippen molar-refractivity contribution in [3.8, 4) is 5.75 Å². The number of nitrogens with two attached hydrogens (primary N) is 1. The second-order valence-electron chi connectivity index (χ2n) is 5.12. The van der Waals surface area contributed by atoms with Crippen LogP contribution in [0.25, 0.3) is 0 Å². The normalized spacial score (nSPS) is 19.4. The molecule has 4 heteroatoms. The molecule has 1 fully saturated rings. The number of benzene rings is 1. The largest absolute Gasteiger partial charge is 0.508 e. The van der Waals surface area contributed by atoms with Crippen LogP contribution in [0.1, 0.15) is 31.2 Å². The van der Waals surface area contributed by atoms with Gasteiger partial charge in [-0.05, 0) is 38.3 Å². The number of carbonyl (C=O) groups excluding carboxylic acids is 1. The molecule has 1 unspecified atom stereocenters. The predicted molar refractivity (Wildman–Crippen MR) is 74.8 cm³/mol. The minimum atomic E-state index is 0.0969. The molecule has 0 aromatic heterocycles. The highest BCUT2D eigenvalue weighted by atomic mass is 16.3.